The minimum Gasteiger partial charge on any atom is -0.497 e. The summed E-state index contributed by atoms with van der Waals surface area (Å²) in [6, 6.07) is 10.3. The minimum absolute atomic E-state index is 0.186. The highest BCUT2D eigenvalue weighted by Gasteiger charge is 2.30. The minimum atomic E-state index is -1.00. The van der Waals surface area contributed by atoms with Crippen LogP contribution in [0.4, 0.5) is 5.69 Å². The van der Waals surface area contributed by atoms with Crippen LogP contribution in [0.1, 0.15) is 12.5 Å². The first-order valence-electron chi connectivity index (χ1n) is 9.06. The zero-order valence-corrected chi connectivity index (χ0v) is 17.1. The number of nitrogens with one attached hydrogen (secondary N) is 1. The Balaban J connectivity index is 1.62. The van der Waals surface area contributed by atoms with E-state index < -0.39 is 23.9 Å². The summed E-state index contributed by atoms with van der Waals surface area (Å²) in [5.41, 5.74) is 1.26. The first-order chi connectivity index (χ1) is 13.9. The molecule has 0 spiro atoms. The molecule has 0 fully saturated rings. The van der Waals surface area contributed by atoms with Gasteiger partial charge < -0.3 is 24.3 Å². The van der Waals surface area contributed by atoms with Crippen molar-refractivity contribution in [2.24, 2.45) is 5.92 Å². The molecule has 154 valence electrons. The van der Waals surface area contributed by atoms with Crippen LogP contribution in [0, 0.1) is 5.92 Å². The largest absolute Gasteiger partial charge is 0.497 e. The van der Waals surface area contributed by atoms with E-state index >= 15 is 0 Å². The van der Waals surface area contributed by atoms with E-state index in [9.17, 15) is 9.59 Å². The van der Waals surface area contributed by atoms with Gasteiger partial charge in [-0.25, -0.2) is 0 Å². The number of anilines is 1. The molecule has 1 aliphatic heterocycles. The number of hydrogen-bond acceptors (Lipinski definition) is 6. The van der Waals surface area contributed by atoms with Gasteiger partial charge in [-0.2, -0.15) is 0 Å². The van der Waals surface area contributed by atoms with Crippen molar-refractivity contribution in [1.82, 2.24) is 0 Å². The van der Waals surface area contributed by atoms with Gasteiger partial charge in [0.2, 0.25) is 0 Å². The van der Waals surface area contributed by atoms with Crippen molar-refractivity contribution in [3.8, 4) is 17.2 Å². The number of fused-ring (bicyclic) bond motifs is 1. The van der Waals surface area contributed by atoms with E-state index in [4.69, 9.17) is 30.5 Å². The van der Waals surface area contributed by atoms with E-state index in [1.807, 2.05) is 0 Å². The molecule has 1 heterocycles. The first kappa shape index (κ1) is 20.8. The molecule has 1 aliphatic rings. The lowest BCUT2D eigenvalue weighted by atomic mass is 9.97. The van der Waals surface area contributed by atoms with Crippen molar-refractivity contribution in [3.05, 3.63) is 47.0 Å². The fourth-order valence-corrected chi connectivity index (χ4v) is 3.18. The van der Waals surface area contributed by atoms with Gasteiger partial charge in [0.25, 0.3) is 5.91 Å². The van der Waals surface area contributed by atoms with Crippen LogP contribution in [0.2, 0.25) is 5.02 Å². The Kier molecular flexibility index (Phi) is 6.49. The van der Waals surface area contributed by atoms with Gasteiger partial charge in [-0.05, 0) is 49.2 Å². The Morgan fingerprint density at radius 2 is 1.97 bits per heavy atom. The summed E-state index contributed by atoms with van der Waals surface area (Å²) in [5, 5.41) is 3.27. The molecule has 0 aromatic heterocycles. The fraction of sp³-hybridized carbons (Fsp3) is 0.333. The second kappa shape index (κ2) is 9.05. The summed E-state index contributed by atoms with van der Waals surface area (Å²) in [5.74, 6) is 0.229. The van der Waals surface area contributed by atoms with E-state index in [0.29, 0.717) is 34.4 Å². The van der Waals surface area contributed by atoms with Gasteiger partial charge in [0, 0.05) is 11.1 Å². The number of rotatable bonds is 6. The molecule has 1 amide bonds. The zero-order chi connectivity index (χ0) is 21.0. The van der Waals surface area contributed by atoms with Crippen molar-refractivity contribution in [2.75, 3.05) is 26.1 Å². The first-order valence-corrected chi connectivity index (χ1v) is 9.43. The average Bonchev–Trinajstić information content (AvgIpc) is 2.72. The van der Waals surface area contributed by atoms with Gasteiger partial charge in [0.05, 0.1) is 25.8 Å². The van der Waals surface area contributed by atoms with Crippen molar-refractivity contribution < 1.29 is 28.5 Å². The topological polar surface area (TPSA) is 83.1 Å². The molecule has 2 aromatic rings. The van der Waals surface area contributed by atoms with E-state index in [-0.39, 0.29) is 6.61 Å². The predicted octanol–water partition coefficient (Wildman–Crippen LogP) is 3.48. The molecule has 0 saturated carbocycles. The quantitative estimate of drug-likeness (QED) is 0.722. The maximum Gasteiger partial charge on any atom is 0.313 e. The van der Waals surface area contributed by atoms with Gasteiger partial charge in [-0.1, -0.05) is 11.6 Å². The third kappa shape index (κ3) is 4.92. The molecular formula is C21H22ClNO6. The van der Waals surface area contributed by atoms with Crippen LogP contribution in [-0.4, -0.2) is 38.8 Å². The second-order valence-electron chi connectivity index (χ2n) is 6.60. The maximum atomic E-state index is 12.5. The summed E-state index contributed by atoms with van der Waals surface area (Å²) in [7, 11) is 3.02. The number of ether oxygens (including phenoxy) is 4. The molecule has 0 saturated heterocycles. The molecule has 7 nitrogen and oxygen atoms in total. The molecule has 2 unspecified atom stereocenters. The summed E-state index contributed by atoms with van der Waals surface area (Å²) >= 11 is 6.01. The highest BCUT2D eigenvalue weighted by atomic mass is 35.5. The monoisotopic (exact) mass is 419 g/mol. The lowest BCUT2D eigenvalue weighted by Gasteiger charge is -2.25. The SMILES string of the molecule is COc1ccc(OC)c(NC(=O)C(C)OC(=O)C2COc3ccc(Cl)cc3C2)c1. The molecule has 0 bridgehead atoms. The molecular weight excluding hydrogens is 398 g/mol. The Hall–Kier alpha value is -2.93. The summed E-state index contributed by atoms with van der Waals surface area (Å²) in [4.78, 5) is 25.0. The Morgan fingerprint density at radius 3 is 2.69 bits per heavy atom. The molecule has 0 radical (unpaired) electrons. The van der Waals surface area contributed by atoms with Crippen molar-refractivity contribution >= 4 is 29.2 Å². The molecule has 2 aromatic carbocycles. The number of amides is 1. The van der Waals surface area contributed by atoms with Crippen LogP contribution in [0.3, 0.4) is 0 Å². The van der Waals surface area contributed by atoms with E-state index in [1.165, 1.54) is 21.1 Å². The molecule has 3 rings (SSSR count). The van der Waals surface area contributed by atoms with Crippen molar-refractivity contribution in [3.63, 3.8) is 0 Å². The summed E-state index contributed by atoms with van der Waals surface area (Å²) < 4.78 is 21.4. The Labute approximate surface area is 173 Å². The third-order valence-electron chi connectivity index (χ3n) is 4.59. The number of esters is 1. The van der Waals surface area contributed by atoms with E-state index in [1.54, 1.807) is 36.4 Å². The smallest absolute Gasteiger partial charge is 0.313 e. The van der Waals surface area contributed by atoms with Crippen LogP contribution in [0.5, 0.6) is 17.2 Å². The fourth-order valence-electron chi connectivity index (χ4n) is 2.98. The molecule has 29 heavy (non-hydrogen) atoms. The zero-order valence-electron chi connectivity index (χ0n) is 16.4. The van der Waals surface area contributed by atoms with Gasteiger partial charge >= 0.3 is 5.97 Å². The van der Waals surface area contributed by atoms with Crippen LogP contribution in [0.15, 0.2) is 36.4 Å². The average molecular weight is 420 g/mol. The van der Waals surface area contributed by atoms with Crippen LogP contribution in [0.25, 0.3) is 0 Å². The molecule has 1 N–H and O–H groups in total. The molecule has 8 heteroatoms. The van der Waals surface area contributed by atoms with Crippen LogP contribution in [-0.2, 0) is 20.7 Å². The number of benzene rings is 2. The Morgan fingerprint density at radius 1 is 1.17 bits per heavy atom. The van der Waals surface area contributed by atoms with Gasteiger partial charge in [0.1, 0.15) is 23.9 Å². The highest BCUT2D eigenvalue weighted by molar-refractivity contribution is 6.30. The predicted molar refractivity (Wildman–Crippen MR) is 108 cm³/mol. The second-order valence-corrected chi connectivity index (χ2v) is 7.04. The van der Waals surface area contributed by atoms with Gasteiger partial charge in [-0.15, -0.1) is 0 Å². The Bertz CT molecular complexity index is 916. The third-order valence-corrected chi connectivity index (χ3v) is 4.82. The highest BCUT2D eigenvalue weighted by Crippen LogP contribution is 2.31. The number of carbonyl (C=O) groups excluding carboxylic acids is 2. The van der Waals surface area contributed by atoms with Gasteiger partial charge in [0.15, 0.2) is 6.10 Å². The van der Waals surface area contributed by atoms with Crippen LogP contribution >= 0.6 is 11.6 Å². The standard InChI is InChI=1S/C21H22ClNO6/c1-12(20(24)23-17-10-16(26-2)5-7-19(17)27-3)29-21(25)14-8-13-9-15(22)4-6-18(13)28-11-14/h4-7,9-10,12,14H,8,11H2,1-3H3,(H,23,24). The summed E-state index contributed by atoms with van der Waals surface area (Å²) in [6.07, 6.45) is -0.563. The van der Waals surface area contributed by atoms with Crippen molar-refractivity contribution in [2.45, 2.75) is 19.4 Å². The number of methoxy groups -OCH3 is 2. The maximum absolute atomic E-state index is 12.5. The normalized spacial score (nSPS) is 16.1. The number of hydrogen-bond donors (Lipinski definition) is 1. The molecule has 2 atom stereocenters. The summed E-state index contributed by atoms with van der Waals surface area (Å²) in [6.45, 7) is 1.69. The van der Waals surface area contributed by atoms with Crippen LogP contribution < -0.4 is 19.5 Å². The van der Waals surface area contributed by atoms with E-state index in [2.05, 4.69) is 5.32 Å². The number of carbonyl (C=O) groups is 2. The lowest BCUT2D eigenvalue weighted by Crippen LogP contribution is -2.36. The number of halogens is 1. The lowest BCUT2D eigenvalue weighted by molar-refractivity contribution is -0.158. The van der Waals surface area contributed by atoms with E-state index in [0.717, 1.165) is 5.56 Å². The van der Waals surface area contributed by atoms with Gasteiger partial charge in [-0.3, -0.25) is 9.59 Å². The van der Waals surface area contributed by atoms with Crippen molar-refractivity contribution in [1.29, 1.82) is 0 Å². The molecule has 0 aliphatic carbocycles.